The van der Waals surface area contributed by atoms with Crippen molar-refractivity contribution < 1.29 is 17.6 Å². The molecule has 0 aliphatic carbocycles. The Bertz CT molecular complexity index is 1250. The smallest absolute Gasteiger partial charge is 0.264 e. The third-order valence-electron chi connectivity index (χ3n) is 5.83. The summed E-state index contributed by atoms with van der Waals surface area (Å²) in [5.74, 6) is -0.923. The predicted octanol–water partition coefficient (Wildman–Crippen LogP) is 5.67. The molecule has 0 amide bonds. The maximum atomic E-state index is 13.7. The number of sulfonamides is 1. The third kappa shape index (κ3) is 3.98. The van der Waals surface area contributed by atoms with E-state index in [1.165, 1.54) is 34.6 Å². The first-order valence-corrected chi connectivity index (χ1v) is 11.9. The number of hydrogen-bond acceptors (Lipinski definition) is 3. The lowest BCUT2D eigenvalue weighted by Gasteiger charge is -2.50. The van der Waals surface area contributed by atoms with Gasteiger partial charge in [-0.1, -0.05) is 55.0 Å². The third-order valence-corrected chi connectivity index (χ3v) is 7.66. The van der Waals surface area contributed by atoms with E-state index >= 15 is 0 Å². The number of carbonyl (C=O) groups is 1. The fourth-order valence-corrected chi connectivity index (χ4v) is 5.87. The monoisotopic (exact) mass is 449 g/mol. The van der Waals surface area contributed by atoms with E-state index < -0.39 is 21.9 Å². The number of rotatable bonds is 6. The van der Waals surface area contributed by atoms with Crippen molar-refractivity contribution in [1.29, 1.82) is 0 Å². The van der Waals surface area contributed by atoms with Gasteiger partial charge in [0.05, 0.1) is 10.9 Å². The lowest BCUT2D eigenvalue weighted by molar-refractivity contribution is 0.103. The average molecular weight is 450 g/mol. The van der Waals surface area contributed by atoms with Crippen LogP contribution in [0.3, 0.4) is 0 Å². The van der Waals surface area contributed by atoms with E-state index in [0.29, 0.717) is 17.7 Å². The Morgan fingerprint density at radius 1 is 0.969 bits per heavy atom. The molecular formula is C26H24FNO3S. The molecule has 0 spiro atoms. The van der Waals surface area contributed by atoms with Gasteiger partial charge in [-0.2, -0.15) is 0 Å². The second kappa shape index (κ2) is 8.71. The number of hydrogen-bond donors (Lipinski definition) is 0. The van der Waals surface area contributed by atoms with E-state index in [0.717, 1.165) is 11.1 Å². The first-order valence-electron chi connectivity index (χ1n) is 10.5. The number of aryl methyl sites for hydroxylation is 1. The molecule has 0 saturated carbocycles. The molecule has 1 saturated heterocycles. The van der Waals surface area contributed by atoms with Crippen LogP contribution in [-0.4, -0.2) is 18.5 Å². The summed E-state index contributed by atoms with van der Waals surface area (Å²) in [7, 11) is -3.89. The minimum atomic E-state index is -3.89. The highest BCUT2D eigenvalue weighted by atomic mass is 32.2. The van der Waals surface area contributed by atoms with E-state index in [1.807, 2.05) is 44.2 Å². The van der Waals surface area contributed by atoms with Crippen LogP contribution in [0.15, 0.2) is 95.5 Å². The number of allylic oxidation sites excluding steroid dienone is 1. The summed E-state index contributed by atoms with van der Waals surface area (Å²) < 4.78 is 42.0. The van der Waals surface area contributed by atoms with E-state index in [1.54, 1.807) is 24.3 Å². The average Bonchev–Trinajstić information content (AvgIpc) is 2.77. The summed E-state index contributed by atoms with van der Waals surface area (Å²) in [5.41, 5.74) is 2.60. The Morgan fingerprint density at radius 2 is 1.59 bits per heavy atom. The van der Waals surface area contributed by atoms with Crippen LogP contribution < -0.4 is 0 Å². The zero-order chi connectivity index (χ0) is 22.9. The van der Waals surface area contributed by atoms with Crippen molar-refractivity contribution in [1.82, 2.24) is 4.31 Å². The number of ketones is 1. The molecule has 0 aromatic heterocycles. The number of halogens is 1. The molecular weight excluding hydrogens is 425 g/mol. The Kier molecular flexibility index (Phi) is 5.98. The van der Waals surface area contributed by atoms with Crippen molar-refractivity contribution in [2.45, 2.75) is 31.2 Å². The minimum Gasteiger partial charge on any atom is -0.289 e. The second-order valence-corrected chi connectivity index (χ2v) is 9.74. The van der Waals surface area contributed by atoms with Gasteiger partial charge < -0.3 is 0 Å². The van der Waals surface area contributed by atoms with Crippen molar-refractivity contribution in [3.05, 3.63) is 113 Å². The van der Waals surface area contributed by atoms with Gasteiger partial charge in [0.1, 0.15) is 5.82 Å². The Labute approximate surface area is 188 Å². The highest BCUT2D eigenvalue weighted by Crippen LogP contribution is 2.52. The SMILES string of the molecule is CC[C@H]1/C(=C\C(=O)c2ccc(F)cc2)N(S(=O)(=O)c2ccc(C)cc2)[C@@H]1c1ccccc1. The Hall–Kier alpha value is -3.25. The van der Waals surface area contributed by atoms with Crippen LogP contribution in [0.1, 0.15) is 40.9 Å². The van der Waals surface area contributed by atoms with Gasteiger partial charge in [0.15, 0.2) is 5.78 Å². The predicted molar refractivity (Wildman–Crippen MR) is 122 cm³/mol. The number of nitrogens with zero attached hydrogens (tertiary/aromatic N) is 1. The summed E-state index contributed by atoms with van der Waals surface area (Å²) in [6.45, 7) is 3.87. The number of benzene rings is 3. The molecule has 2 atom stereocenters. The lowest BCUT2D eigenvalue weighted by Crippen LogP contribution is -2.50. The van der Waals surface area contributed by atoms with E-state index in [4.69, 9.17) is 0 Å². The van der Waals surface area contributed by atoms with Gasteiger partial charge in [-0.05, 0) is 55.3 Å². The highest BCUT2D eigenvalue weighted by molar-refractivity contribution is 7.89. The molecule has 6 heteroatoms. The van der Waals surface area contributed by atoms with Crippen LogP contribution in [0.2, 0.25) is 0 Å². The molecule has 1 fully saturated rings. The highest BCUT2D eigenvalue weighted by Gasteiger charge is 2.50. The molecule has 0 bridgehead atoms. The molecule has 32 heavy (non-hydrogen) atoms. The molecule has 0 radical (unpaired) electrons. The topological polar surface area (TPSA) is 54.5 Å². The molecule has 1 aliphatic heterocycles. The molecule has 1 aliphatic rings. The largest absolute Gasteiger partial charge is 0.289 e. The van der Waals surface area contributed by atoms with Gasteiger partial charge in [-0.15, -0.1) is 0 Å². The van der Waals surface area contributed by atoms with E-state index in [9.17, 15) is 17.6 Å². The van der Waals surface area contributed by atoms with Gasteiger partial charge in [-0.3, -0.25) is 9.10 Å². The van der Waals surface area contributed by atoms with Crippen LogP contribution in [0.5, 0.6) is 0 Å². The molecule has 4 rings (SSSR count). The van der Waals surface area contributed by atoms with Crippen LogP contribution in [0.4, 0.5) is 4.39 Å². The standard InChI is InChI=1S/C26H24FNO3S/c1-3-23-24(17-25(29)19-11-13-21(27)14-12-19)28(26(23)20-7-5-4-6-8-20)32(30,31)22-15-9-18(2)10-16-22/h4-17,23,26H,3H2,1-2H3/b24-17+/t23-,26+/m0/s1. The van der Waals surface area contributed by atoms with E-state index in [-0.39, 0.29) is 16.6 Å². The zero-order valence-electron chi connectivity index (χ0n) is 17.9. The fourth-order valence-electron chi connectivity index (χ4n) is 4.13. The van der Waals surface area contributed by atoms with Gasteiger partial charge in [0, 0.05) is 23.3 Å². The van der Waals surface area contributed by atoms with Crippen molar-refractivity contribution in [2.24, 2.45) is 5.92 Å². The van der Waals surface area contributed by atoms with E-state index in [2.05, 4.69) is 0 Å². The van der Waals surface area contributed by atoms with Crippen LogP contribution >= 0.6 is 0 Å². The first kappa shape index (κ1) is 22.0. The molecule has 3 aromatic carbocycles. The normalized spacial score (nSPS) is 19.6. The van der Waals surface area contributed by atoms with Gasteiger partial charge in [0.25, 0.3) is 10.0 Å². The maximum Gasteiger partial charge on any atom is 0.264 e. The molecule has 0 unspecified atom stereocenters. The van der Waals surface area contributed by atoms with Crippen molar-refractivity contribution in [3.8, 4) is 0 Å². The Morgan fingerprint density at radius 3 is 2.19 bits per heavy atom. The summed E-state index contributed by atoms with van der Waals surface area (Å²) >= 11 is 0. The van der Waals surface area contributed by atoms with Gasteiger partial charge in [0.2, 0.25) is 0 Å². The summed E-state index contributed by atoms with van der Waals surface area (Å²) in [4.78, 5) is 13.1. The second-order valence-electron chi connectivity index (χ2n) is 7.92. The minimum absolute atomic E-state index is 0.137. The molecule has 1 heterocycles. The quantitative estimate of drug-likeness (QED) is 0.360. The van der Waals surface area contributed by atoms with Crippen LogP contribution in [-0.2, 0) is 10.0 Å². The molecule has 3 aromatic rings. The van der Waals surface area contributed by atoms with Gasteiger partial charge in [-0.25, -0.2) is 12.8 Å². The van der Waals surface area contributed by atoms with Crippen molar-refractivity contribution in [2.75, 3.05) is 0 Å². The van der Waals surface area contributed by atoms with Gasteiger partial charge >= 0.3 is 0 Å². The Balaban J connectivity index is 1.80. The maximum absolute atomic E-state index is 13.7. The van der Waals surface area contributed by atoms with Crippen molar-refractivity contribution >= 4 is 15.8 Å². The van der Waals surface area contributed by atoms with Crippen LogP contribution in [0.25, 0.3) is 0 Å². The molecule has 0 N–H and O–H groups in total. The lowest BCUT2D eigenvalue weighted by atomic mass is 9.80. The molecule has 164 valence electrons. The first-order chi connectivity index (χ1) is 15.3. The fraction of sp³-hybridized carbons (Fsp3) is 0.192. The van der Waals surface area contributed by atoms with Crippen molar-refractivity contribution in [3.63, 3.8) is 0 Å². The zero-order valence-corrected chi connectivity index (χ0v) is 18.7. The summed E-state index contributed by atoms with van der Waals surface area (Å²) in [6.07, 6.45) is 2.05. The summed E-state index contributed by atoms with van der Waals surface area (Å²) in [6, 6.07) is 21.0. The summed E-state index contributed by atoms with van der Waals surface area (Å²) in [5, 5.41) is 0. The molecule has 4 nitrogen and oxygen atoms in total. The number of carbonyl (C=O) groups excluding carboxylic acids is 1. The van der Waals surface area contributed by atoms with Crippen LogP contribution in [0, 0.1) is 18.7 Å².